The van der Waals surface area contributed by atoms with E-state index in [4.69, 9.17) is 37.8 Å². The van der Waals surface area contributed by atoms with Gasteiger partial charge in [-0.2, -0.15) is 0 Å². The number of hydrogen-bond donors (Lipinski definition) is 3. The average molecular weight is 649 g/mol. The number of aromatic nitrogens is 2. The first kappa shape index (κ1) is 32.2. The van der Waals surface area contributed by atoms with E-state index in [1.54, 1.807) is 6.92 Å². The molecule has 3 heterocycles. The fourth-order valence-electron chi connectivity index (χ4n) is 4.65. The van der Waals surface area contributed by atoms with Crippen LogP contribution in [0.2, 0.25) is 10.0 Å². The summed E-state index contributed by atoms with van der Waals surface area (Å²) in [6.07, 6.45) is -0.357. The minimum Gasteiger partial charge on any atom is -0.554 e. The molecule has 11 nitrogen and oxygen atoms in total. The Kier molecular flexibility index (Phi) is 10.3. The summed E-state index contributed by atoms with van der Waals surface area (Å²) in [5.74, 6) is -1.25. The first-order valence-electron chi connectivity index (χ1n) is 13.3. The lowest BCUT2D eigenvalue weighted by atomic mass is 10.1. The molecule has 2 aromatic heterocycles. The van der Waals surface area contributed by atoms with Gasteiger partial charge >= 0.3 is 5.97 Å². The van der Waals surface area contributed by atoms with Crippen molar-refractivity contribution < 1.29 is 33.8 Å². The van der Waals surface area contributed by atoms with Crippen molar-refractivity contribution in [3.05, 3.63) is 75.0 Å². The van der Waals surface area contributed by atoms with Gasteiger partial charge in [0.25, 0.3) is 5.91 Å². The van der Waals surface area contributed by atoms with Crippen molar-refractivity contribution in [1.29, 1.82) is 0 Å². The molecule has 4 aromatic rings. The minimum absolute atomic E-state index is 0.0719. The molecule has 0 saturated carbocycles. The number of rotatable bonds is 8. The number of likely N-dealkylation sites (N-methyl/N-ethyl adjacent to an activating group) is 1. The molecule has 1 atom stereocenters. The Balaban J connectivity index is 0.00000135. The fraction of sp³-hybridized carbons (Fsp3) is 0.310. The molecule has 5 rings (SSSR count). The van der Waals surface area contributed by atoms with Crippen molar-refractivity contribution in [2.45, 2.75) is 13.0 Å². The highest BCUT2D eigenvalue weighted by Gasteiger charge is 2.28. The molecule has 0 bridgehead atoms. The highest BCUT2D eigenvalue weighted by Crippen LogP contribution is 2.37. The number of carbonyl (C=O) groups excluding carboxylic acids is 2. The molecule has 1 fully saturated rings. The van der Waals surface area contributed by atoms with Gasteiger partial charge in [-0.25, -0.2) is 9.78 Å². The normalized spacial score (nSPS) is 15.3. The highest BCUT2D eigenvalue weighted by atomic mass is 35.5. The topological polar surface area (TPSA) is 148 Å². The summed E-state index contributed by atoms with van der Waals surface area (Å²) in [4.78, 5) is 43.0. The van der Waals surface area contributed by atoms with Gasteiger partial charge in [0, 0.05) is 31.8 Å². The number of carboxylic acid groups (broad SMARTS) is 2. The lowest BCUT2D eigenvalue weighted by Crippen LogP contribution is -2.55. The summed E-state index contributed by atoms with van der Waals surface area (Å²) in [6.45, 7) is 5.79. The number of H-pyrrole nitrogens is 1. The fourth-order valence-corrected chi connectivity index (χ4v) is 5.98. The van der Waals surface area contributed by atoms with Gasteiger partial charge in [0.15, 0.2) is 5.13 Å². The van der Waals surface area contributed by atoms with E-state index in [-0.39, 0.29) is 32.5 Å². The quantitative estimate of drug-likeness (QED) is 0.192. The first-order chi connectivity index (χ1) is 20.4. The van der Waals surface area contributed by atoms with Gasteiger partial charge in [-0.3, -0.25) is 15.0 Å². The number of amides is 1. The van der Waals surface area contributed by atoms with E-state index in [0.29, 0.717) is 28.2 Å². The SMILES string of the molecule is Cc1[nH]c(C(=O)Nc2nc3c(OC(CN4CC[N+](C)(C)CC4)c4ccccc4)cc(C(=O)O)cc3s2)c(Cl)c1Cl.O=C[O-]. The van der Waals surface area contributed by atoms with Crippen LogP contribution in [-0.4, -0.2) is 89.6 Å². The van der Waals surface area contributed by atoms with Crippen molar-refractivity contribution >= 4 is 68.2 Å². The summed E-state index contributed by atoms with van der Waals surface area (Å²) < 4.78 is 8.12. The van der Waals surface area contributed by atoms with Crippen LogP contribution in [0.4, 0.5) is 5.13 Å². The summed E-state index contributed by atoms with van der Waals surface area (Å²) in [5.41, 5.74) is 2.22. The minimum atomic E-state index is -1.08. The van der Waals surface area contributed by atoms with Gasteiger partial charge in [-0.15, -0.1) is 0 Å². The first-order valence-corrected chi connectivity index (χ1v) is 14.8. The standard InChI is InChI=1S/C28H29Cl2N5O4S.CH2O2/c1-16-22(29)23(30)25(31-16)26(36)33-28-32-24-19(13-18(27(37)38)14-21(24)40-28)39-20(17-7-5-4-6-8-17)15-34-9-11-35(2,3)12-10-34;2-1-3/h4-8,13-14,20H,9-12,15H2,1-3H3,(H2-,31,32,33,36,37,38);1H,(H,2,3). The molecule has 1 unspecified atom stereocenters. The average Bonchev–Trinajstić information content (AvgIpc) is 3.49. The van der Waals surface area contributed by atoms with Gasteiger partial charge in [0.1, 0.15) is 23.1 Å². The van der Waals surface area contributed by atoms with Gasteiger partial charge in [0.2, 0.25) is 0 Å². The zero-order chi connectivity index (χ0) is 31.3. The number of fused-ring (bicyclic) bond motifs is 1. The molecule has 1 saturated heterocycles. The van der Waals surface area contributed by atoms with E-state index in [9.17, 15) is 14.7 Å². The summed E-state index contributed by atoms with van der Waals surface area (Å²) >= 11 is 13.5. The van der Waals surface area contributed by atoms with Crippen LogP contribution in [0, 0.1) is 6.92 Å². The predicted octanol–water partition coefficient (Wildman–Crippen LogP) is 4.07. The van der Waals surface area contributed by atoms with Crippen LogP contribution in [0.5, 0.6) is 5.75 Å². The molecule has 43 heavy (non-hydrogen) atoms. The number of carbonyl (C=O) groups is 3. The largest absolute Gasteiger partial charge is 0.554 e. The second kappa shape index (κ2) is 13.7. The summed E-state index contributed by atoms with van der Waals surface area (Å²) in [7, 11) is 4.46. The third-order valence-corrected chi connectivity index (χ3v) is 8.98. The number of nitrogens with zero attached hydrogens (tertiary/aromatic N) is 3. The van der Waals surface area contributed by atoms with Crippen molar-refractivity contribution in [3.8, 4) is 5.75 Å². The maximum Gasteiger partial charge on any atom is 0.335 e. The molecule has 0 spiro atoms. The van der Waals surface area contributed by atoms with E-state index in [1.807, 2.05) is 30.3 Å². The van der Waals surface area contributed by atoms with Crippen LogP contribution in [0.15, 0.2) is 42.5 Å². The Morgan fingerprint density at radius 1 is 1.21 bits per heavy atom. The van der Waals surface area contributed by atoms with Crippen molar-refractivity contribution in [1.82, 2.24) is 14.9 Å². The highest BCUT2D eigenvalue weighted by molar-refractivity contribution is 7.22. The number of piperazine rings is 1. The van der Waals surface area contributed by atoms with E-state index in [1.165, 1.54) is 12.1 Å². The summed E-state index contributed by atoms with van der Waals surface area (Å²) in [5, 5.41) is 21.5. The number of thiazole rings is 1. The number of nitrogens with one attached hydrogen (secondary N) is 2. The monoisotopic (exact) mass is 647 g/mol. The van der Waals surface area contributed by atoms with E-state index in [0.717, 1.165) is 47.6 Å². The molecule has 3 N–H and O–H groups in total. The van der Waals surface area contributed by atoms with Gasteiger partial charge in [0.05, 0.1) is 47.5 Å². The lowest BCUT2D eigenvalue weighted by Gasteiger charge is -2.40. The number of hydrogen-bond acceptors (Lipinski definition) is 8. The van der Waals surface area contributed by atoms with Crippen LogP contribution in [0.1, 0.15) is 38.2 Å². The number of benzene rings is 2. The smallest absolute Gasteiger partial charge is 0.335 e. The Labute approximate surface area is 262 Å². The van der Waals surface area contributed by atoms with E-state index >= 15 is 0 Å². The molecular formula is C29H31Cl2N5O6S. The van der Waals surface area contributed by atoms with Crippen molar-refractivity contribution in [2.24, 2.45) is 0 Å². The third-order valence-electron chi connectivity index (χ3n) is 7.12. The van der Waals surface area contributed by atoms with Crippen LogP contribution in [0.3, 0.4) is 0 Å². The third kappa shape index (κ3) is 7.84. The van der Waals surface area contributed by atoms with Crippen LogP contribution >= 0.6 is 34.5 Å². The number of quaternary nitrogens is 1. The summed E-state index contributed by atoms with van der Waals surface area (Å²) in [6, 6.07) is 12.9. The van der Waals surface area contributed by atoms with Crippen LogP contribution in [-0.2, 0) is 4.79 Å². The Bertz CT molecular complexity index is 1610. The Hall–Kier alpha value is -3.68. The number of anilines is 1. The zero-order valence-corrected chi connectivity index (χ0v) is 26.1. The molecule has 228 valence electrons. The Morgan fingerprint density at radius 2 is 1.86 bits per heavy atom. The molecule has 14 heteroatoms. The maximum absolute atomic E-state index is 12.9. The number of halogens is 2. The van der Waals surface area contributed by atoms with Gasteiger partial charge < -0.3 is 29.2 Å². The maximum atomic E-state index is 12.9. The van der Waals surface area contributed by atoms with Gasteiger partial charge in [-0.1, -0.05) is 64.9 Å². The second-order valence-corrected chi connectivity index (χ2v) is 12.4. The van der Waals surface area contributed by atoms with Crippen LogP contribution in [0.25, 0.3) is 10.2 Å². The number of carboxylic acids is 1. The van der Waals surface area contributed by atoms with Crippen LogP contribution < -0.4 is 15.2 Å². The van der Waals surface area contributed by atoms with Gasteiger partial charge in [-0.05, 0) is 24.6 Å². The number of ether oxygens (including phenoxy) is 1. The molecule has 1 aliphatic rings. The van der Waals surface area contributed by atoms with Crippen molar-refractivity contribution in [3.63, 3.8) is 0 Å². The van der Waals surface area contributed by atoms with E-state index in [2.05, 4.69) is 34.3 Å². The lowest BCUT2D eigenvalue weighted by molar-refractivity contribution is -0.894. The molecular weight excluding hydrogens is 617 g/mol. The number of aromatic amines is 1. The van der Waals surface area contributed by atoms with Crippen molar-refractivity contribution in [2.75, 3.05) is 52.1 Å². The molecule has 0 aliphatic carbocycles. The second-order valence-electron chi connectivity index (χ2n) is 10.6. The molecule has 1 aliphatic heterocycles. The predicted molar refractivity (Wildman–Crippen MR) is 164 cm³/mol. The molecule has 1 amide bonds. The van der Waals surface area contributed by atoms with E-state index < -0.39 is 18.3 Å². The molecule has 0 radical (unpaired) electrons. The number of aryl methyl sites for hydroxylation is 1. The number of aromatic carboxylic acids is 1. The zero-order valence-electron chi connectivity index (χ0n) is 23.7. The Morgan fingerprint density at radius 3 is 2.44 bits per heavy atom. The molecule has 2 aromatic carbocycles.